The highest BCUT2D eigenvalue weighted by Crippen LogP contribution is 2.11. The number of esters is 1. The lowest BCUT2D eigenvalue weighted by Crippen LogP contribution is -2.04. The molecular weight excluding hydrogens is 270 g/mol. The van der Waals surface area contributed by atoms with Crippen LogP contribution in [0.1, 0.15) is 32.8 Å². The molecule has 2 rings (SSSR count). The molecule has 0 unspecified atom stereocenters. The fourth-order valence-corrected chi connectivity index (χ4v) is 2.15. The SMILES string of the molecule is CCOC(=O)c1cnn(Cc2nc(C(=O)O)cs2)c1. The fraction of sp³-hybridized carbons (Fsp3) is 0.273. The van der Waals surface area contributed by atoms with Crippen LogP contribution < -0.4 is 0 Å². The summed E-state index contributed by atoms with van der Waals surface area (Å²) in [6.07, 6.45) is 2.95. The molecule has 0 spiro atoms. The Morgan fingerprint density at radius 1 is 1.53 bits per heavy atom. The average Bonchev–Trinajstić information content (AvgIpc) is 2.99. The number of carbonyl (C=O) groups is 2. The van der Waals surface area contributed by atoms with E-state index in [1.165, 1.54) is 27.6 Å². The van der Waals surface area contributed by atoms with Gasteiger partial charge >= 0.3 is 11.9 Å². The van der Waals surface area contributed by atoms with Crippen LogP contribution in [0, 0.1) is 0 Å². The molecule has 0 aromatic carbocycles. The van der Waals surface area contributed by atoms with Crippen molar-refractivity contribution in [3.8, 4) is 0 Å². The van der Waals surface area contributed by atoms with E-state index in [4.69, 9.17) is 9.84 Å². The van der Waals surface area contributed by atoms with Gasteiger partial charge in [-0.2, -0.15) is 5.10 Å². The second kappa shape index (κ2) is 5.61. The van der Waals surface area contributed by atoms with Crippen molar-refractivity contribution in [3.63, 3.8) is 0 Å². The van der Waals surface area contributed by atoms with Crippen molar-refractivity contribution in [1.82, 2.24) is 14.8 Å². The summed E-state index contributed by atoms with van der Waals surface area (Å²) in [6.45, 7) is 2.35. The third-order valence-corrected chi connectivity index (χ3v) is 3.05. The van der Waals surface area contributed by atoms with E-state index in [0.717, 1.165) is 0 Å². The number of hydrogen-bond donors (Lipinski definition) is 1. The summed E-state index contributed by atoms with van der Waals surface area (Å²) >= 11 is 1.23. The molecule has 19 heavy (non-hydrogen) atoms. The van der Waals surface area contributed by atoms with Crippen LogP contribution in [0.4, 0.5) is 0 Å². The molecule has 0 saturated heterocycles. The number of carbonyl (C=O) groups excluding carboxylic acids is 1. The first-order valence-corrected chi connectivity index (χ1v) is 6.35. The number of hydrogen-bond acceptors (Lipinski definition) is 6. The predicted octanol–water partition coefficient (Wildman–Crippen LogP) is 1.26. The molecule has 0 aliphatic rings. The van der Waals surface area contributed by atoms with Crippen molar-refractivity contribution in [2.24, 2.45) is 0 Å². The van der Waals surface area contributed by atoms with E-state index in [1.807, 2.05) is 0 Å². The Hall–Kier alpha value is -2.22. The molecule has 0 atom stereocenters. The molecule has 8 heteroatoms. The van der Waals surface area contributed by atoms with E-state index in [9.17, 15) is 9.59 Å². The maximum atomic E-state index is 11.4. The highest BCUT2D eigenvalue weighted by molar-refractivity contribution is 7.09. The summed E-state index contributed by atoms with van der Waals surface area (Å²) in [6, 6.07) is 0. The quantitative estimate of drug-likeness (QED) is 0.829. The number of thiazole rings is 1. The minimum absolute atomic E-state index is 0.0118. The van der Waals surface area contributed by atoms with E-state index in [-0.39, 0.29) is 5.69 Å². The molecule has 0 aliphatic carbocycles. The lowest BCUT2D eigenvalue weighted by atomic mass is 10.4. The fourth-order valence-electron chi connectivity index (χ4n) is 1.39. The standard InChI is InChI=1S/C11H11N3O4S/c1-2-18-11(17)7-3-12-14(4-7)5-9-13-8(6-19-9)10(15)16/h3-4,6H,2,5H2,1H3,(H,15,16). The molecule has 0 saturated carbocycles. The van der Waals surface area contributed by atoms with Gasteiger partial charge in [-0.15, -0.1) is 11.3 Å². The Kier molecular flexibility index (Phi) is 3.91. The highest BCUT2D eigenvalue weighted by Gasteiger charge is 2.12. The van der Waals surface area contributed by atoms with Crippen molar-refractivity contribution < 1.29 is 19.4 Å². The first-order valence-electron chi connectivity index (χ1n) is 5.47. The molecule has 0 bridgehead atoms. The Morgan fingerprint density at radius 2 is 2.32 bits per heavy atom. The molecule has 7 nitrogen and oxygen atoms in total. The Labute approximate surface area is 112 Å². The number of aromatic nitrogens is 3. The van der Waals surface area contributed by atoms with Gasteiger partial charge in [-0.1, -0.05) is 0 Å². The zero-order valence-electron chi connectivity index (χ0n) is 10.1. The summed E-state index contributed by atoms with van der Waals surface area (Å²) in [5.41, 5.74) is 0.370. The van der Waals surface area contributed by atoms with Crippen molar-refractivity contribution in [2.45, 2.75) is 13.5 Å². The topological polar surface area (TPSA) is 94.3 Å². The Balaban J connectivity index is 2.06. The number of aromatic carboxylic acids is 1. The smallest absolute Gasteiger partial charge is 0.355 e. The summed E-state index contributed by atoms with van der Waals surface area (Å²) in [7, 11) is 0. The monoisotopic (exact) mass is 281 g/mol. The van der Waals surface area contributed by atoms with Gasteiger partial charge < -0.3 is 9.84 Å². The number of nitrogens with zero attached hydrogens (tertiary/aromatic N) is 3. The number of carboxylic acids is 1. The van der Waals surface area contributed by atoms with Crippen LogP contribution in [0.5, 0.6) is 0 Å². The Bertz CT molecular complexity index is 605. The van der Waals surface area contributed by atoms with Crippen LogP contribution in [0.3, 0.4) is 0 Å². The molecule has 1 N–H and O–H groups in total. The van der Waals surface area contributed by atoms with Crippen LogP contribution in [-0.4, -0.2) is 38.4 Å². The first-order chi connectivity index (χ1) is 9.10. The maximum Gasteiger partial charge on any atom is 0.355 e. The molecule has 0 fully saturated rings. The van der Waals surface area contributed by atoms with E-state index in [1.54, 1.807) is 13.1 Å². The van der Waals surface area contributed by atoms with Gasteiger partial charge in [0.25, 0.3) is 0 Å². The van der Waals surface area contributed by atoms with Gasteiger partial charge in [0.05, 0.1) is 24.9 Å². The van der Waals surface area contributed by atoms with E-state index >= 15 is 0 Å². The predicted molar refractivity (Wildman–Crippen MR) is 66.4 cm³/mol. The molecule has 0 aliphatic heterocycles. The van der Waals surface area contributed by atoms with Crippen LogP contribution in [0.15, 0.2) is 17.8 Å². The second-order valence-corrected chi connectivity index (χ2v) is 4.52. The molecule has 2 heterocycles. The van der Waals surface area contributed by atoms with E-state index < -0.39 is 11.9 Å². The normalized spacial score (nSPS) is 10.4. The molecule has 0 amide bonds. The van der Waals surface area contributed by atoms with Gasteiger partial charge in [0, 0.05) is 11.6 Å². The molecule has 2 aromatic heterocycles. The largest absolute Gasteiger partial charge is 0.476 e. The molecule has 100 valence electrons. The van der Waals surface area contributed by atoms with Crippen LogP contribution in [-0.2, 0) is 11.3 Å². The van der Waals surface area contributed by atoms with Crippen molar-refractivity contribution in [3.05, 3.63) is 34.0 Å². The summed E-state index contributed by atoms with van der Waals surface area (Å²) in [4.78, 5) is 26.1. The molecule has 0 radical (unpaired) electrons. The Morgan fingerprint density at radius 3 is 2.95 bits per heavy atom. The summed E-state index contributed by atoms with van der Waals surface area (Å²) in [5.74, 6) is -1.49. The lowest BCUT2D eigenvalue weighted by molar-refractivity contribution is 0.0525. The van der Waals surface area contributed by atoms with Crippen molar-refractivity contribution >= 4 is 23.3 Å². The minimum atomic E-state index is -1.06. The maximum absolute atomic E-state index is 11.4. The highest BCUT2D eigenvalue weighted by atomic mass is 32.1. The average molecular weight is 281 g/mol. The van der Waals surface area contributed by atoms with Crippen molar-refractivity contribution in [1.29, 1.82) is 0 Å². The third kappa shape index (κ3) is 3.16. The summed E-state index contributed by atoms with van der Waals surface area (Å²) in [5, 5.41) is 14.8. The lowest BCUT2D eigenvalue weighted by Gasteiger charge is -1.97. The molecular formula is C11H11N3O4S. The van der Waals surface area contributed by atoms with Gasteiger partial charge in [0.15, 0.2) is 5.69 Å². The number of carboxylic acid groups (broad SMARTS) is 1. The van der Waals surface area contributed by atoms with Crippen LogP contribution in [0.2, 0.25) is 0 Å². The second-order valence-electron chi connectivity index (χ2n) is 3.58. The first kappa shape index (κ1) is 13.2. The van der Waals surface area contributed by atoms with E-state index in [2.05, 4.69) is 10.1 Å². The van der Waals surface area contributed by atoms with Crippen molar-refractivity contribution in [2.75, 3.05) is 6.61 Å². The number of ether oxygens (including phenoxy) is 1. The minimum Gasteiger partial charge on any atom is -0.476 e. The molecule has 2 aromatic rings. The summed E-state index contributed by atoms with van der Waals surface area (Å²) < 4.78 is 6.35. The third-order valence-electron chi connectivity index (χ3n) is 2.21. The van der Waals surface area contributed by atoms with Gasteiger partial charge in [-0.25, -0.2) is 14.6 Å². The zero-order valence-corrected chi connectivity index (χ0v) is 10.9. The zero-order chi connectivity index (χ0) is 13.8. The van der Waals surface area contributed by atoms with E-state index in [0.29, 0.717) is 23.7 Å². The van der Waals surface area contributed by atoms with Gasteiger partial charge in [-0.3, -0.25) is 4.68 Å². The number of rotatable bonds is 5. The van der Waals surface area contributed by atoms with Gasteiger partial charge in [0.1, 0.15) is 5.01 Å². The van der Waals surface area contributed by atoms with Crippen LogP contribution in [0.25, 0.3) is 0 Å². The van der Waals surface area contributed by atoms with Crippen LogP contribution >= 0.6 is 11.3 Å². The van der Waals surface area contributed by atoms with Gasteiger partial charge in [-0.05, 0) is 6.92 Å². The van der Waals surface area contributed by atoms with Gasteiger partial charge in [0.2, 0.25) is 0 Å².